The molecule has 5 rings (SSSR count). The molecule has 0 N–H and O–H groups in total. The van der Waals surface area contributed by atoms with Crippen molar-refractivity contribution in [2.45, 2.75) is 40.2 Å². The van der Waals surface area contributed by atoms with Gasteiger partial charge in [-0.2, -0.15) is 9.78 Å². The van der Waals surface area contributed by atoms with Crippen LogP contribution in [0.4, 0.5) is 0 Å². The molecule has 6 nitrogen and oxygen atoms in total. The summed E-state index contributed by atoms with van der Waals surface area (Å²) in [4.78, 5) is 18.8. The summed E-state index contributed by atoms with van der Waals surface area (Å²) in [6, 6.07) is 22.3. The van der Waals surface area contributed by atoms with E-state index in [1.54, 1.807) is 24.4 Å². The van der Waals surface area contributed by atoms with Crippen molar-refractivity contribution >= 4 is 56.2 Å². The summed E-state index contributed by atoms with van der Waals surface area (Å²) in [5.74, 6) is 1.94. The highest BCUT2D eigenvalue weighted by Crippen LogP contribution is 2.35. The van der Waals surface area contributed by atoms with Gasteiger partial charge in [0.15, 0.2) is 5.82 Å². The SMILES string of the molecule is CCOc1cc(C)c(-c2nc3ccccc3c(=O)n2N=Cc2cc(Cl)cc(Br)c2OCc2ccccc2Cl)cc1C(C)C. The largest absolute Gasteiger partial charge is 0.494 e. The van der Waals surface area contributed by atoms with Crippen LogP contribution in [-0.2, 0) is 6.61 Å². The number of aromatic nitrogens is 2. The van der Waals surface area contributed by atoms with Crippen molar-refractivity contribution in [2.24, 2.45) is 5.10 Å². The molecule has 0 amide bonds. The molecule has 0 saturated heterocycles. The number of nitrogens with zero attached hydrogens (tertiary/aromatic N) is 3. The molecule has 5 aromatic rings. The molecule has 1 aromatic heterocycles. The van der Waals surface area contributed by atoms with Crippen LogP contribution in [0.5, 0.6) is 11.5 Å². The predicted octanol–water partition coefficient (Wildman–Crippen LogP) is 9.42. The van der Waals surface area contributed by atoms with Crippen LogP contribution in [-0.4, -0.2) is 22.5 Å². The van der Waals surface area contributed by atoms with Gasteiger partial charge in [-0.25, -0.2) is 4.98 Å². The standard InChI is InChI=1S/C34H30BrCl2N3O3/c1-5-42-31-14-21(4)27(17-26(31)20(2)3)33-39-30-13-9-7-11-25(30)34(41)40(33)38-18-23-15-24(36)16-28(35)32(23)43-19-22-10-6-8-12-29(22)37/h6-18,20H,5,19H2,1-4H3. The quantitative estimate of drug-likeness (QED) is 0.146. The molecular weight excluding hydrogens is 649 g/mol. The Bertz CT molecular complexity index is 1900. The summed E-state index contributed by atoms with van der Waals surface area (Å²) in [5, 5.41) is 6.23. The Balaban J connectivity index is 1.66. The Morgan fingerprint density at radius 3 is 2.51 bits per heavy atom. The number of aryl methyl sites for hydroxylation is 1. The third kappa shape index (κ3) is 6.64. The monoisotopic (exact) mass is 677 g/mol. The van der Waals surface area contributed by atoms with Crippen LogP contribution >= 0.6 is 39.1 Å². The Morgan fingerprint density at radius 2 is 1.77 bits per heavy atom. The van der Waals surface area contributed by atoms with E-state index in [9.17, 15) is 4.79 Å². The fraction of sp³-hybridized carbons (Fsp3) is 0.206. The average molecular weight is 679 g/mol. The summed E-state index contributed by atoms with van der Waals surface area (Å²) >= 11 is 16.4. The van der Waals surface area contributed by atoms with Gasteiger partial charge in [0.25, 0.3) is 5.56 Å². The topological polar surface area (TPSA) is 65.7 Å². The fourth-order valence-corrected chi connectivity index (χ4v) is 5.93. The molecule has 0 saturated carbocycles. The van der Waals surface area contributed by atoms with E-state index in [2.05, 4.69) is 29.8 Å². The summed E-state index contributed by atoms with van der Waals surface area (Å²) < 4.78 is 14.1. The van der Waals surface area contributed by atoms with E-state index in [4.69, 9.17) is 42.8 Å². The molecule has 0 bridgehead atoms. The lowest BCUT2D eigenvalue weighted by Gasteiger charge is -2.18. The first-order valence-corrected chi connectivity index (χ1v) is 15.4. The van der Waals surface area contributed by atoms with Crippen molar-refractivity contribution in [2.75, 3.05) is 6.61 Å². The first-order chi connectivity index (χ1) is 20.7. The van der Waals surface area contributed by atoms with Crippen molar-refractivity contribution in [1.82, 2.24) is 9.66 Å². The predicted molar refractivity (Wildman–Crippen MR) is 179 cm³/mol. The van der Waals surface area contributed by atoms with Crippen LogP contribution in [0.1, 0.15) is 48.9 Å². The van der Waals surface area contributed by atoms with E-state index in [1.165, 1.54) is 4.68 Å². The molecular formula is C34H30BrCl2N3O3. The van der Waals surface area contributed by atoms with Crippen LogP contribution in [0.2, 0.25) is 10.0 Å². The van der Waals surface area contributed by atoms with E-state index < -0.39 is 0 Å². The number of hydrogen-bond acceptors (Lipinski definition) is 5. The van der Waals surface area contributed by atoms with Crippen LogP contribution in [0, 0.1) is 6.92 Å². The number of ether oxygens (including phenoxy) is 2. The van der Waals surface area contributed by atoms with E-state index in [0.717, 1.165) is 28.0 Å². The normalized spacial score (nSPS) is 11.5. The fourth-order valence-electron chi connectivity index (χ4n) is 4.79. The van der Waals surface area contributed by atoms with Gasteiger partial charge in [0.2, 0.25) is 0 Å². The first kappa shape index (κ1) is 30.8. The molecule has 0 fully saturated rings. The summed E-state index contributed by atoms with van der Waals surface area (Å²) in [5.41, 5.74) is 4.41. The summed E-state index contributed by atoms with van der Waals surface area (Å²) in [6.45, 7) is 8.94. The minimum absolute atomic E-state index is 0.187. The van der Waals surface area contributed by atoms with Gasteiger partial charge in [0.05, 0.1) is 28.2 Å². The van der Waals surface area contributed by atoms with Gasteiger partial charge in [-0.05, 0) is 89.3 Å². The average Bonchev–Trinajstić information content (AvgIpc) is 2.97. The molecule has 4 aromatic carbocycles. The van der Waals surface area contributed by atoms with Crippen molar-refractivity contribution < 1.29 is 9.47 Å². The Labute approximate surface area is 269 Å². The maximum absolute atomic E-state index is 13.9. The number of fused-ring (bicyclic) bond motifs is 1. The maximum atomic E-state index is 13.9. The van der Waals surface area contributed by atoms with Crippen LogP contribution < -0.4 is 15.0 Å². The highest BCUT2D eigenvalue weighted by molar-refractivity contribution is 9.10. The van der Waals surface area contributed by atoms with E-state index >= 15 is 0 Å². The molecule has 9 heteroatoms. The van der Waals surface area contributed by atoms with E-state index in [0.29, 0.717) is 49.2 Å². The molecule has 0 unspecified atom stereocenters. The molecule has 0 aliphatic rings. The number of hydrogen-bond donors (Lipinski definition) is 0. The lowest BCUT2D eigenvalue weighted by atomic mass is 9.96. The maximum Gasteiger partial charge on any atom is 0.282 e. The molecule has 0 radical (unpaired) electrons. The van der Waals surface area contributed by atoms with Crippen molar-refractivity contribution in [3.05, 3.63) is 120 Å². The molecule has 0 aliphatic carbocycles. The molecule has 0 aliphatic heterocycles. The Hall–Kier alpha value is -3.65. The second-order valence-corrected chi connectivity index (χ2v) is 12.0. The van der Waals surface area contributed by atoms with Gasteiger partial charge in [-0.15, -0.1) is 0 Å². The lowest BCUT2D eigenvalue weighted by molar-refractivity contribution is 0.304. The third-order valence-corrected chi connectivity index (χ3v) is 8.13. The smallest absolute Gasteiger partial charge is 0.282 e. The van der Waals surface area contributed by atoms with Crippen LogP contribution in [0.25, 0.3) is 22.3 Å². The lowest BCUT2D eigenvalue weighted by Crippen LogP contribution is -2.21. The Kier molecular flexibility index (Phi) is 9.55. The van der Waals surface area contributed by atoms with Gasteiger partial charge >= 0.3 is 0 Å². The zero-order chi connectivity index (χ0) is 30.7. The highest BCUT2D eigenvalue weighted by Gasteiger charge is 2.19. The van der Waals surface area contributed by atoms with Crippen molar-refractivity contribution in [3.8, 4) is 22.9 Å². The third-order valence-electron chi connectivity index (χ3n) is 6.95. The van der Waals surface area contributed by atoms with Crippen LogP contribution in [0.15, 0.2) is 87.2 Å². The van der Waals surface area contributed by atoms with Gasteiger partial charge in [0.1, 0.15) is 18.1 Å². The minimum Gasteiger partial charge on any atom is -0.494 e. The zero-order valence-corrected chi connectivity index (χ0v) is 27.3. The van der Waals surface area contributed by atoms with Gasteiger partial charge < -0.3 is 9.47 Å². The van der Waals surface area contributed by atoms with Gasteiger partial charge in [-0.3, -0.25) is 4.79 Å². The first-order valence-electron chi connectivity index (χ1n) is 13.9. The number of para-hydroxylation sites is 1. The van der Waals surface area contributed by atoms with Crippen LogP contribution in [0.3, 0.4) is 0 Å². The Morgan fingerprint density at radius 1 is 1.02 bits per heavy atom. The number of halogens is 3. The molecule has 43 heavy (non-hydrogen) atoms. The molecule has 220 valence electrons. The van der Waals surface area contributed by atoms with E-state index in [-0.39, 0.29) is 18.1 Å². The van der Waals surface area contributed by atoms with Crippen molar-refractivity contribution in [1.29, 1.82) is 0 Å². The number of benzene rings is 4. The van der Waals surface area contributed by atoms with E-state index in [1.807, 2.05) is 68.4 Å². The highest BCUT2D eigenvalue weighted by atomic mass is 79.9. The second-order valence-electron chi connectivity index (χ2n) is 10.3. The van der Waals surface area contributed by atoms with Gasteiger partial charge in [-0.1, -0.05) is 67.4 Å². The van der Waals surface area contributed by atoms with Gasteiger partial charge in [0, 0.05) is 26.7 Å². The molecule has 0 atom stereocenters. The summed E-state index contributed by atoms with van der Waals surface area (Å²) in [6.07, 6.45) is 1.56. The van der Waals surface area contributed by atoms with Crippen molar-refractivity contribution in [3.63, 3.8) is 0 Å². The minimum atomic E-state index is -0.295. The zero-order valence-electron chi connectivity index (χ0n) is 24.2. The number of rotatable bonds is 9. The molecule has 0 spiro atoms. The summed E-state index contributed by atoms with van der Waals surface area (Å²) in [7, 11) is 0. The molecule has 1 heterocycles. The second kappa shape index (κ2) is 13.3.